The van der Waals surface area contributed by atoms with Crippen molar-refractivity contribution in [2.45, 2.75) is 19.4 Å². The Hall–Kier alpha value is -2.56. The van der Waals surface area contributed by atoms with E-state index < -0.39 is 0 Å². The minimum atomic E-state index is -0.0415. The highest BCUT2D eigenvalue weighted by Gasteiger charge is 2.12. The minimum Gasteiger partial charge on any atom is -0.490 e. The van der Waals surface area contributed by atoms with Gasteiger partial charge in [0.15, 0.2) is 11.5 Å². The van der Waals surface area contributed by atoms with Crippen molar-refractivity contribution in [1.82, 2.24) is 10.3 Å². The van der Waals surface area contributed by atoms with E-state index in [-0.39, 0.29) is 5.91 Å². The van der Waals surface area contributed by atoms with Crippen LogP contribution in [0.3, 0.4) is 0 Å². The monoisotopic (exact) mass is 298 g/mol. The van der Waals surface area contributed by atoms with Crippen molar-refractivity contribution >= 4 is 5.91 Å². The molecule has 2 aromatic rings. The van der Waals surface area contributed by atoms with Crippen molar-refractivity contribution in [1.29, 1.82) is 0 Å². The van der Waals surface area contributed by atoms with Crippen molar-refractivity contribution in [3.8, 4) is 11.5 Å². The lowest BCUT2D eigenvalue weighted by Crippen LogP contribution is -2.24. The molecule has 5 nitrogen and oxygen atoms in total. The number of carbonyl (C=O) groups is 1. The number of nitrogens with one attached hydrogen (secondary N) is 1. The van der Waals surface area contributed by atoms with E-state index in [1.165, 1.54) is 0 Å². The van der Waals surface area contributed by atoms with Crippen LogP contribution in [0.25, 0.3) is 0 Å². The van der Waals surface area contributed by atoms with Crippen LogP contribution in [0.15, 0.2) is 42.6 Å². The van der Waals surface area contributed by atoms with Crippen molar-refractivity contribution in [3.05, 3.63) is 53.9 Å². The third-order valence-electron chi connectivity index (χ3n) is 3.37. The van der Waals surface area contributed by atoms with Crippen LogP contribution in [0.4, 0.5) is 0 Å². The van der Waals surface area contributed by atoms with Crippen LogP contribution in [0.2, 0.25) is 0 Å². The first-order valence-corrected chi connectivity index (χ1v) is 7.36. The van der Waals surface area contributed by atoms with Crippen molar-refractivity contribution in [2.75, 3.05) is 13.2 Å². The molecule has 0 spiro atoms. The summed E-state index contributed by atoms with van der Waals surface area (Å²) in [7, 11) is 0. The van der Waals surface area contributed by atoms with Crippen molar-refractivity contribution < 1.29 is 14.3 Å². The lowest BCUT2D eigenvalue weighted by molar-refractivity contribution is -0.120. The zero-order chi connectivity index (χ0) is 15.2. The maximum Gasteiger partial charge on any atom is 0.224 e. The molecule has 1 aliphatic heterocycles. The van der Waals surface area contributed by atoms with Gasteiger partial charge in [0.1, 0.15) is 0 Å². The van der Waals surface area contributed by atoms with Gasteiger partial charge in [-0.25, -0.2) is 0 Å². The zero-order valence-corrected chi connectivity index (χ0v) is 12.2. The minimum absolute atomic E-state index is 0.0415. The lowest BCUT2D eigenvalue weighted by Gasteiger charge is -2.09. The van der Waals surface area contributed by atoms with Gasteiger partial charge in [-0.3, -0.25) is 9.78 Å². The van der Waals surface area contributed by atoms with Gasteiger partial charge in [0.25, 0.3) is 0 Å². The highest BCUT2D eigenvalue weighted by molar-refractivity contribution is 5.78. The highest BCUT2D eigenvalue weighted by atomic mass is 16.5. The largest absolute Gasteiger partial charge is 0.490 e. The number of carbonyl (C=O) groups excluding carboxylic acids is 1. The molecule has 0 unspecified atom stereocenters. The van der Waals surface area contributed by atoms with Crippen molar-refractivity contribution in [2.24, 2.45) is 0 Å². The number of rotatable bonds is 4. The molecule has 0 saturated heterocycles. The number of benzene rings is 1. The second-order valence-corrected chi connectivity index (χ2v) is 5.11. The first kappa shape index (κ1) is 14.4. The standard InChI is InChI=1S/C17H18N2O3/c20-17(19-12-14-4-1-2-7-18-14)11-13-5-6-15-16(10-13)22-9-3-8-21-15/h1-2,4-7,10H,3,8-9,11-12H2,(H,19,20). The van der Waals surface area contributed by atoms with Gasteiger partial charge in [-0.2, -0.15) is 0 Å². The maximum absolute atomic E-state index is 12.0. The SMILES string of the molecule is O=C(Cc1ccc2c(c1)OCCCO2)NCc1ccccn1. The normalized spacial score (nSPS) is 13.3. The maximum atomic E-state index is 12.0. The molecule has 1 N–H and O–H groups in total. The molecule has 22 heavy (non-hydrogen) atoms. The van der Waals surface area contributed by atoms with Gasteiger partial charge in [-0.05, 0) is 29.8 Å². The van der Waals surface area contributed by atoms with E-state index in [9.17, 15) is 4.79 Å². The molecule has 1 aromatic heterocycles. The summed E-state index contributed by atoms with van der Waals surface area (Å²) in [5.74, 6) is 1.42. The van der Waals surface area contributed by atoms with E-state index >= 15 is 0 Å². The lowest BCUT2D eigenvalue weighted by atomic mass is 10.1. The van der Waals surface area contributed by atoms with Gasteiger partial charge in [0.05, 0.1) is 31.9 Å². The molecule has 1 aliphatic rings. The highest BCUT2D eigenvalue weighted by Crippen LogP contribution is 2.30. The summed E-state index contributed by atoms with van der Waals surface area (Å²) in [6, 6.07) is 11.3. The quantitative estimate of drug-likeness (QED) is 0.939. The predicted molar refractivity (Wildman–Crippen MR) is 81.8 cm³/mol. The van der Waals surface area contributed by atoms with Crippen LogP contribution in [0.1, 0.15) is 17.7 Å². The summed E-state index contributed by atoms with van der Waals surface area (Å²) in [6.45, 7) is 1.74. The molecule has 0 atom stereocenters. The van der Waals surface area contributed by atoms with Crippen LogP contribution in [0, 0.1) is 0 Å². The summed E-state index contributed by atoms with van der Waals surface area (Å²) in [6.07, 6.45) is 2.89. The molecule has 0 aliphatic carbocycles. The van der Waals surface area contributed by atoms with Crippen LogP contribution in [-0.2, 0) is 17.8 Å². The molecule has 0 saturated carbocycles. The van der Waals surface area contributed by atoms with Crippen LogP contribution < -0.4 is 14.8 Å². The molecule has 0 radical (unpaired) electrons. The molecule has 1 amide bonds. The number of amides is 1. The number of ether oxygens (including phenoxy) is 2. The van der Waals surface area contributed by atoms with Crippen LogP contribution in [-0.4, -0.2) is 24.1 Å². The average molecular weight is 298 g/mol. The van der Waals surface area contributed by atoms with Gasteiger partial charge < -0.3 is 14.8 Å². The third kappa shape index (κ3) is 3.75. The van der Waals surface area contributed by atoms with Crippen LogP contribution in [0.5, 0.6) is 11.5 Å². The molecule has 2 heterocycles. The van der Waals surface area contributed by atoms with Crippen LogP contribution >= 0.6 is 0 Å². The topological polar surface area (TPSA) is 60.5 Å². The van der Waals surface area contributed by atoms with E-state index in [2.05, 4.69) is 10.3 Å². The summed E-state index contributed by atoms with van der Waals surface area (Å²) in [5, 5.41) is 2.87. The fourth-order valence-corrected chi connectivity index (χ4v) is 2.26. The Morgan fingerprint density at radius 3 is 2.82 bits per heavy atom. The Labute approximate surface area is 129 Å². The van der Waals surface area contributed by atoms with Gasteiger partial charge >= 0.3 is 0 Å². The molecule has 3 rings (SSSR count). The summed E-state index contributed by atoms with van der Waals surface area (Å²) >= 11 is 0. The van der Waals surface area contributed by atoms with Gasteiger partial charge in [0.2, 0.25) is 5.91 Å². The Balaban J connectivity index is 1.58. The average Bonchev–Trinajstić information content (AvgIpc) is 2.79. The summed E-state index contributed by atoms with van der Waals surface area (Å²) < 4.78 is 11.2. The van der Waals surface area contributed by atoms with Crippen molar-refractivity contribution in [3.63, 3.8) is 0 Å². The number of aromatic nitrogens is 1. The number of pyridine rings is 1. The molecule has 0 bridgehead atoms. The second kappa shape index (κ2) is 6.93. The molecular weight excluding hydrogens is 280 g/mol. The third-order valence-corrected chi connectivity index (χ3v) is 3.37. The first-order valence-electron chi connectivity index (χ1n) is 7.36. The smallest absolute Gasteiger partial charge is 0.224 e. The Bertz CT molecular complexity index is 644. The van der Waals surface area contributed by atoms with E-state index in [1.807, 2.05) is 36.4 Å². The van der Waals surface area contributed by atoms with E-state index in [1.54, 1.807) is 6.20 Å². The molecule has 114 valence electrons. The molecule has 1 aromatic carbocycles. The van der Waals surface area contributed by atoms with E-state index in [4.69, 9.17) is 9.47 Å². The Morgan fingerprint density at radius 2 is 2.00 bits per heavy atom. The number of hydrogen-bond donors (Lipinski definition) is 1. The van der Waals surface area contributed by atoms with Gasteiger partial charge in [-0.15, -0.1) is 0 Å². The second-order valence-electron chi connectivity index (χ2n) is 5.11. The number of fused-ring (bicyclic) bond motifs is 1. The van der Waals surface area contributed by atoms with Gasteiger partial charge in [-0.1, -0.05) is 12.1 Å². The molecule has 5 heteroatoms. The van der Waals surface area contributed by atoms with E-state index in [0.29, 0.717) is 31.9 Å². The van der Waals surface area contributed by atoms with Gasteiger partial charge in [0, 0.05) is 12.6 Å². The molecular formula is C17H18N2O3. The molecule has 0 fully saturated rings. The van der Waals surface area contributed by atoms with E-state index in [0.717, 1.165) is 23.4 Å². The number of nitrogens with zero attached hydrogens (tertiary/aromatic N) is 1. The fraction of sp³-hybridized carbons (Fsp3) is 0.294. The summed E-state index contributed by atoms with van der Waals surface area (Å²) in [5.41, 5.74) is 1.75. The summed E-state index contributed by atoms with van der Waals surface area (Å²) in [4.78, 5) is 16.2. The fourth-order valence-electron chi connectivity index (χ4n) is 2.26. The predicted octanol–water partition coefficient (Wildman–Crippen LogP) is 2.10. The first-order chi connectivity index (χ1) is 10.8. The number of hydrogen-bond acceptors (Lipinski definition) is 4. The zero-order valence-electron chi connectivity index (χ0n) is 12.2. The Morgan fingerprint density at radius 1 is 1.14 bits per heavy atom. The Kier molecular flexibility index (Phi) is 4.53.